The zero-order valence-electron chi connectivity index (χ0n) is 10.8. The molecule has 0 aliphatic heterocycles. The van der Waals surface area contributed by atoms with Crippen molar-refractivity contribution in [3.8, 4) is 0 Å². The van der Waals surface area contributed by atoms with E-state index in [1.807, 2.05) is 0 Å². The van der Waals surface area contributed by atoms with Gasteiger partial charge in [0.15, 0.2) is 0 Å². The second-order valence-electron chi connectivity index (χ2n) is 4.18. The number of nitrogens with zero attached hydrogens (tertiary/aromatic N) is 1. The summed E-state index contributed by atoms with van der Waals surface area (Å²) in [6.07, 6.45) is 0.776. The van der Waals surface area contributed by atoms with Crippen LogP contribution in [0.4, 0.5) is 0 Å². The maximum atomic E-state index is 11.7. The number of aromatic amines is 1. The molecule has 1 aromatic heterocycles. The van der Waals surface area contributed by atoms with Crippen LogP contribution in [0.15, 0.2) is 4.79 Å². The summed E-state index contributed by atoms with van der Waals surface area (Å²) in [5, 5.41) is 9.22. The second-order valence-corrected chi connectivity index (χ2v) is 5.60. The van der Waals surface area contributed by atoms with Crippen LogP contribution in [0.5, 0.6) is 0 Å². The third-order valence-corrected chi connectivity index (χ3v) is 4.02. The molecular weight excluding hydrogens is 252 g/mol. The Bertz CT molecular complexity index is 485. The molecule has 6 heteroatoms. The van der Waals surface area contributed by atoms with E-state index in [4.69, 9.17) is 5.11 Å². The fourth-order valence-electron chi connectivity index (χ4n) is 1.44. The molecular formula is C12H18N2O3S. The number of carbonyl (C=O) groups is 1. The lowest BCUT2D eigenvalue weighted by molar-refractivity contribution is -0.136. The molecule has 5 nitrogen and oxygen atoms in total. The average molecular weight is 270 g/mol. The Kier molecular flexibility index (Phi) is 5.40. The van der Waals surface area contributed by atoms with Crippen LogP contribution in [0.3, 0.4) is 0 Å². The smallest absolute Gasteiger partial charge is 0.308 e. The molecule has 100 valence electrons. The molecule has 0 spiro atoms. The van der Waals surface area contributed by atoms with Crippen LogP contribution in [-0.2, 0) is 17.0 Å². The monoisotopic (exact) mass is 270 g/mol. The highest BCUT2D eigenvalue weighted by Gasteiger charge is 2.12. The summed E-state index contributed by atoms with van der Waals surface area (Å²) in [4.78, 5) is 29.3. The molecule has 1 unspecified atom stereocenters. The summed E-state index contributed by atoms with van der Waals surface area (Å²) in [5.74, 6) is 0.224. The Labute approximate surface area is 110 Å². The van der Waals surface area contributed by atoms with Gasteiger partial charge in [0.05, 0.1) is 12.2 Å². The lowest BCUT2D eigenvalue weighted by atomic mass is 10.2. The number of aliphatic carboxylic acids is 1. The molecule has 0 saturated heterocycles. The van der Waals surface area contributed by atoms with Crippen molar-refractivity contribution < 1.29 is 9.90 Å². The van der Waals surface area contributed by atoms with Gasteiger partial charge in [0.25, 0.3) is 5.56 Å². The van der Waals surface area contributed by atoms with E-state index in [0.29, 0.717) is 22.5 Å². The number of thioether (sulfide) groups is 1. The van der Waals surface area contributed by atoms with E-state index >= 15 is 0 Å². The summed E-state index contributed by atoms with van der Waals surface area (Å²) < 4.78 is 0. The lowest BCUT2D eigenvalue weighted by Gasteiger charge is -2.09. The average Bonchev–Trinajstić information content (AvgIpc) is 2.30. The van der Waals surface area contributed by atoms with Crippen LogP contribution in [0.2, 0.25) is 0 Å². The molecule has 0 aliphatic rings. The normalized spacial score (nSPS) is 12.4. The lowest BCUT2D eigenvalue weighted by Crippen LogP contribution is -2.21. The van der Waals surface area contributed by atoms with E-state index < -0.39 is 5.97 Å². The first-order valence-corrected chi connectivity index (χ1v) is 6.91. The van der Waals surface area contributed by atoms with E-state index in [-0.39, 0.29) is 17.5 Å². The van der Waals surface area contributed by atoms with Crippen molar-refractivity contribution in [3.63, 3.8) is 0 Å². The highest BCUT2D eigenvalue weighted by molar-refractivity contribution is 7.99. The van der Waals surface area contributed by atoms with Gasteiger partial charge in [0.2, 0.25) is 0 Å². The van der Waals surface area contributed by atoms with Gasteiger partial charge in [-0.15, -0.1) is 0 Å². The first kappa shape index (κ1) is 14.8. The van der Waals surface area contributed by atoms with Gasteiger partial charge in [0.1, 0.15) is 5.82 Å². The fraction of sp³-hybridized carbons (Fsp3) is 0.583. The number of hydrogen-bond donors (Lipinski definition) is 2. The first-order valence-electron chi connectivity index (χ1n) is 5.86. The molecule has 2 N–H and O–H groups in total. The number of nitrogens with one attached hydrogen (secondary N) is 1. The van der Waals surface area contributed by atoms with Crippen LogP contribution < -0.4 is 5.56 Å². The number of rotatable bonds is 6. The van der Waals surface area contributed by atoms with Crippen molar-refractivity contribution in [1.82, 2.24) is 9.97 Å². The highest BCUT2D eigenvalue weighted by atomic mass is 32.2. The molecule has 1 rings (SSSR count). The summed E-state index contributed by atoms with van der Waals surface area (Å²) in [7, 11) is 0. The van der Waals surface area contributed by atoms with Crippen LogP contribution in [0, 0.1) is 6.92 Å². The summed E-state index contributed by atoms with van der Waals surface area (Å²) >= 11 is 1.72. The fourth-order valence-corrected chi connectivity index (χ4v) is 2.25. The van der Waals surface area contributed by atoms with Gasteiger partial charge < -0.3 is 10.1 Å². The molecule has 1 aromatic rings. The Hall–Kier alpha value is -1.30. The number of carboxylic acids is 1. The Balaban J connectivity index is 2.86. The maximum Gasteiger partial charge on any atom is 0.308 e. The van der Waals surface area contributed by atoms with Crippen molar-refractivity contribution in [2.75, 3.05) is 0 Å². The minimum atomic E-state index is -1.02. The Morgan fingerprint density at radius 2 is 2.22 bits per heavy atom. The summed E-state index contributed by atoms with van der Waals surface area (Å²) in [5.41, 5.74) is 0.394. The Morgan fingerprint density at radius 3 is 2.72 bits per heavy atom. The molecule has 0 fully saturated rings. The molecule has 0 saturated carbocycles. The number of H-pyrrole nitrogens is 1. The van der Waals surface area contributed by atoms with E-state index in [2.05, 4.69) is 23.8 Å². The Morgan fingerprint density at radius 1 is 1.56 bits per heavy atom. The van der Waals surface area contributed by atoms with Gasteiger partial charge in [0, 0.05) is 16.5 Å². The second kappa shape index (κ2) is 6.58. The standard InChI is InChI=1S/C12H18N2O3S/c1-4-7(2)18-6-10-13-8(3)9(5-11(15)16)12(17)14-10/h7H,4-6H2,1-3H3,(H,15,16)(H,13,14,17). The van der Waals surface area contributed by atoms with Crippen LogP contribution in [0.1, 0.15) is 37.4 Å². The van der Waals surface area contributed by atoms with Gasteiger partial charge in [-0.25, -0.2) is 4.98 Å². The van der Waals surface area contributed by atoms with E-state index in [9.17, 15) is 9.59 Å². The summed E-state index contributed by atoms with van der Waals surface area (Å²) in [6, 6.07) is 0. The van der Waals surface area contributed by atoms with E-state index in [1.165, 1.54) is 0 Å². The molecule has 0 bridgehead atoms. The number of hydrogen-bond acceptors (Lipinski definition) is 4. The van der Waals surface area contributed by atoms with Gasteiger partial charge in [-0.2, -0.15) is 11.8 Å². The minimum Gasteiger partial charge on any atom is -0.481 e. The quantitative estimate of drug-likeness (QED) is 0.822. The maximum absolute atomic E-state index is 11.7. The third-order valence-electron chi connectivity index (χ3n) is 2.68. The third kappa shape index (κ3) is 4.18. The molecule has 0 amide bonds. The summed E-state index contributed by atoms with van der Waals surface area (Å²) in [6.45, 7) is 5.90. The zero-order chi connectivity index (χ0) is 13.7. The number of aryl methyl sites for hydroxylation is 1. The van der Waals surface area contributed by atoms with Crippen molar-refractivity contribution in [2.24, 2.45) is 0 Å². The van der Waals surface area contributed by atoms with Crippen molar-refractivity contribution in [1.29, 1.82) is 0 Å². The molecule has 0 radical (unpaired) electrons. The van der Waals surface area contributed by atoms with Gasteiger partial charge in [-0.05, 0) is 13.3 Å². The SMILES string of the molecule is CCC(C)SCc1nc(C)c(CC(=O)O)c(=O)[nH]1. The zero-order valence-corrected chi connectivity index (χ0v) is 11.6. The van der Waals surface area contributed by atoms with E-state index in [1.54, 1.807) is 18.7 Å². The van der Waals surface area contributed by atoms with E-state index in [0.717, 1.165) is 6.42 Å². The van der Waals surface area contributed by atoms with Gasteiger partial charge in [-0.1, -0.05) is 13.8 Å². The van der Waals surface area contributed by atoms with Crippen molar-refractivity contribution in [3.05, 3.63) is 27.4 Å². The highest BCUT2D eigenvalue weighted by Crippen LogP contribution is 2.17. The predicted molar refractivity (Wildman–Crippen MR) is 72.0 cm³/mol. The molecule has 0 aromatic carbocycles. The molecule has 1 heterocycles. The van der Waals surface area contributed by atoms with Crippen LogP contribution in [0.25, 0.3) is 0 Å². The van der Waals surface area contributed by atoms with Gasteiger partial charge >= 0.3 is 5.97 Å². The van der Waals surface area contributed by atoms with Crippen molar-refractivity contribution >= 4 is 17.7 Å². The number of aromatic nitrogens is 2. The molecule has 0 aliphatic carbocycles. The van der Waals surface area contributed by atoms with Crippen LogP contribution in [-0.4, -0.2) is 26.3 Å². The topological polar surface area (TPSA) is 83.0 Å². The predicted octanol–water partition coefficient (Wildman–Crippen LogP) is 1.74. The first-order chi connectivity index (χ1) is 8.43. The molecule has 18 heavy (non-hydrogen) atoms. The number of carboxylic acid groups (broad SMARTS) is 1. The minimum absolute atomic E-state index is 0.236. The molecule has 1 atom stereocenters. The largest absolute Gasteiger partial charge is 0.481 e. The van der Waals surface area contributed by atoms with Gasteiger partial charge in [-0.3, -0.25) is 9.59 Å². The van der Waals surface area contributed by atoms with Crippen molar-refractivity contribution in [2.45, 2.75) is 44.6 Å². The van der Waals surface area contributed by atoms with Crippen LogP contribution >= 0.6 is 11.8 Å².